The van der Waals surface area contributed by atoms with Crippen LogP contribution in [0, 0.1) is 44.4 Å². The molecule has 4 unspecified atom stereocenters. The normalized spacial score (nSPS) is 34.0. The maximum Gasteiger partial charge on any atom is 0.170 e. The first kappa shape index (κ1) is 13.1. The SMILES string of the molecule is Cc1cc(C)c(C2=C(O)C3C4CCC(C4)C3C2=O)c(C)c1. The van der Waals surface area contributed by atoms with Crippen LogP contribution in [0.4, 0.5) is 0 Å². The Labute approximate surface area is 125 Å². The third-order valence-corrected chi connectivity index (χ3v) is 5.96. The number of carbonyl (C=O) groups excluding carboxylic acids is 1. The molecule has 2 nitrogen and oxygen atoms in total. The minimum Gasteiger partial charge on any atom is -0.511 e. The van der Waals surface area contributed by atoms with E-state index in [1.807, 2.05) is 13.8 Å². The molecular weight excluding hydrogens is 260 g/mol. The lowest BCUT2D eigenvalue weighted by molar-refractivity contribution is -0.118. The zero-order valence-corrected chi connectivity index (χ0v) is 12.9. The number of rotatable bonds is 1. The quantitative estimate of drug-likeness (QED) is 0.841. The van der Waals surface area contributed by atoms with E-state index < -0.39 is 0 Å². The van der Waals surface area contributed by atoms with Crippen LogP contribution in [-0.2, 0) is 4.79 Å². The van der Waals surface area contributed by atoms with Gasteiger partial charge in [-0.05, 0) is 68.6 Å². The topological polar surface area (TPSA) is 37.3 Å². The largest absolute Gasteiger partial charge is 0.511 e. The number of hydrogen-bond acceptors (Lipinski definition) is 2. The van der Waals surface area contributed by atoms with E-state index in [-0.39, 0.29) is 17.6 Å². The summed E-state index contributed by atoms with van der Waals surface area (Å²) in [4.78, 5) is 13.0. The van der Waals surface area contributed by atoms with Crippen LogP contribution >= 0.6 is 0 Å². The molecule has 0 aliphatic heterocycles. The van der Waals surface area contributed by atoms with Gasteiger partial charge in [-0.2, -0.15) is 0 Å². The van der Waals surface area contributed by atoms with Gasteiger partial charge in [0, 0.05) is 11.8 Å². The maximum atomic E-state index is 13.0. The van der Waals surface area contributed by atoms with Crippen molar-refractivity contribution in [2.75, 3.05) is 0 Å². The lowest BCUT2D eigenvalue weighted by Gasteiger charge is -2.23. The molecule has 0 amide bonds. The van der Waals surface area contributed by atoms with Gasteiger partial charge in [-0.1, -0.05) is 17.7 Å². The van der Waals surface area contributed by atoms with Crippen LogP contribution in [0.3, 0.4) is 0 Å². The Morgan fingerprint density at radius 3 is 2.14 bits per heavy atom. The van der Waals surface area contributed by atoms with Gasteiger partial charge in [0.15, 0.2) is 5.78 Å². The fourth-order valence-corrected chi connectivity index (χ4v) is 5.35. The Morgan fingerprint density at radius 2 is 1.57 bits per heavy atom. The van der Waals surface area contributed by atoms with Crippen molar-refractivity contribution in [2.45, 2.75) is 40.0 Å². The highest BCUT2D eigenvalue weighted by atomic mass is 16.3. The van der Waals surface area contributed by atoms with Gasteiger partial charge in [-0.15, -0.1) is 0 Å². The van der Waals surface area contributed by atoms with Crippen molar-refractivity contribution in [3.8, 4) is 0 Å². The molecule has 3 aliphatic carbocycles. The summed E-state index contributed by atoms with van der Waals surface area (Å²) in [6.45, 7) is 6.17. The number of allylic oxidation sites excluding steroid dienone is 2. The molecule has 0 aromatic heterocycles. The Bertz CT molecular complexity index is 660. The third kappa shape index (κ3) is 1.62. The van der Waals surface area contributed by atoms with Gasteiger partial charge in [0.1, 0.15) is 5.76 Å². The van der Waals surface area contributed by atoms with E-state index in [0.29, 0.717) is 23.2 Å². The van der Waals surface area contributed by atoms with E-state index in [2.05, 4.69) is 19.1 Å². The highest BCUT2D eigenvalue weighted by Gasteiger charge is 2.57. The molecule has 1 aromatic rings. The van der Waals surface area contributed by atoms with Crippen molar-refractivity contribution in [1.82, 2.24) is 0 Å². The number of hydrogen-bond donors (Lipinski definition) is 1. The zero-order chi connectivity index (χ0) is 14.9. The van der Waals surface area contributed by atoms with E-state index in [1.165, 1.54) is 18.4 Å². The maximum absolute atomic E-state index is 13.0. The van der Waals surface area contributed by atoms with Crippen molar-refractivity contribution >= 4 is 11.4 Å². The van der Waals surface area contributed by atoms with E-state index in [9.17, 15) is 9.90 Å². The summed E-state index contributed by atoms with van der Waals surface area (Å²) in [5.74, 6) is 1.84. The van der Waals surface area contributed by atoms with Crippen LogP contribution in [0.15, 0.2) is 17.9 Å². The smallest absolute Gasteiger partial charge is 0.170 e. The van der Waals surface area contributed by atoms with Crippen molar-refractivity contribution in [3.05, 3.63) is 40.1 Å². The molecule has 0 radical (unpaired) electrons. The molecular formula is C19H22O2. The predicted molar refractivity (Wildman–Crippen MR) is 83.0 cm³/mol. The number of fused-ring (bicyclic) bond motifs is 5. The Balaban J connectivity index is 1.88. The van der Waals surface area contributed by atoms with Crippen LogP contribution in [0.25, 0.3) is 5.57 Å². The molecule has 2 bridgehead atoms. The first-order valence-corrected chi connectivity index (χ1v) is 8.04. The first-order chi connectivity index (χ1) is 9.99. The van der Waals surface area contributed by atoms with Crippen LogP contribution in [0.1, 0.15) is 41.5 Å². The highest BCUT2D eigenvalue weighted by molar-refractivity contribution is 6.25. The third-order valence-electron chi connectivity index (χ3n) is 5.96. The van der Waals surface area contributed by atoms with Crippen LogP contribution in [-0.4, -0.2) is 10.9 Å². The minimum absolute atomic E-state index is 0.0684. The number of aliphatic hydroxyl groups is 1. The van der Waals surface area contributed by atoms with E-state index in [0.717, 1.165) is 23.1 Å². The van der Waals surface area contributed by atoms with Gasteiger partial charge in [0.25, 0.3) is 0 Å². The van der Waals surface area contributed by atoms with Gasteiger partial charge >= 0.3 is 0 Å². The molecule has 1 N–H and O–H groups in total. The zero-order valence-electron chi connectivity index (χ0n) is 12.9. The van der Waals surface area contributed by atoms with Crippen LogP contribution in [0.5, 0.6) is 0 Å². The molecule has 2 saturated carbocycles. The van der Waals surface area contributed by atoms with Crippen molar-refractivity contribution in [2.24, 2.45) is 23.7 Å². The fraction of sp³-hybridized carbons (Fsp3) is 0.526. The Kier molecular flexibility index (Phi) is 2.64. The summed E-state index contributed by atoms with van der Waals surface area (Å²) in [6, 6.07) is 4.22. The molecule has 4 rings (SSSR count). The summed E-state index contributed by atoms with van der Waals surface area (Å²) >= 11 is 0. The predicted octanol–water partition coefficient (Wildman–Crippen LogP) is 4.13. The average Bonchev–Trinajstić information content (AvgIpc) is 3.06. The molecule has 2 heteroatoms. The lowest BCUT2D eigenvalue weighted by atomic mass is 9.80. The molecule has 0 saturated heterocycles. The van der Waals surface area contributed by atoms with Gasteiger partial charge in [-0.3, -0.25) is 4.79 Å². The number of benzene rings is 1. The number of Topliss-reactive ketones (excluding diaryl/α,β-unsaturated/α-hetero) is 1. The number of aliphatic hydroxyl groups excluding tert-OH is 1. The Hall–Kier alpha value is -1.57. The second-order valence-electron chi connectivity index (χ2n) is 7.28. The standard InChI is InChI=1S/C19H22O2/c1-9-6-10(2)14(11(3)7-9)17-18(20)15-12-4-5-13(8-12)16(15)19(17)21/h6-7,12-13,15-16,20H,4-5,8H2,1-3H3. The summed E-state index contributed by atoms with van der Waals surface area (Å²) < 4.78 is 0. The second kappa shape index (κ2) is 4.22. The van der Waals surface area contributed by atoms with E-state index in [4.69, 9.17) is 0 Å². The second-order valence-corrected chi connectivity index (χ2v) is 7.28. The van der Waals surface area contributed by atoms with Gasteiger partial charge in [0.05, 0.1) is 5.57 Å². The summed E-state index contributed by atoms with van der Waals surface area (Å²) in [5, 5.41) is 10.8. The average molecular weight is 282 g/mol. The molecule has 0 heterocycles. The molecule has 2 fully saturated rings. The molecule has 4 atom stereocenters. The Morgan fingerprint density at radius 1 is 1.00 bits per heavy atom. The number of aryl methyl sites for hydroxylation is 3. The summed E-state index contributed by atoms with van der Waals surface area (Å²) in [5.41, 5.74) is 5.04. The van der Waals surface area contributed by atoms with Crippen molar-refractivity contribution in [1.29, 1.82) is 0 Å². The van der Waals surface area contributed by atoms with Crippen molar-refractivity contribution < 1.29 is 9.90 Å². The van der Waals surface area contributed by atoms with Crippen molar-refractivity contribution in [3.63, 3.8) is 0 Å². The van der Waals surface area contributed by atoms with Gasteiger partial charge in [0.2, 0.25) is 0 Å². The van der Waals surface area contributed by atoms with Gasteiger partial charge in [-0.25, -0.2) is 0 Å². The van der Waals surface area contributed by atoms with E-state index >= 15 is 0 Å². The van der Waals surface area contributed by atoms with E-state index in [1.54, 1.807) is 0 Å². The van der Waals surface area contributed by atoms with Gasteiger partial charge < -0.3 is 5.11 Å². The van der Waals surface area contributed by atoms with Crippen LogP contribution in [0.2, 0.25) is 0 Å². The first-order valence-electron chi connectivity index (χ1n) is 8.04. The molecule has 1 aromatic carbocycles. The fourth-order valence-electron chi connectivity index (χ4n) is 5.35. The molecule has 110 valence electrons. The number of carbonyl (C=O) groups is 1. The lowest BCUT2D eigenvalue weighted by Crippen LogP contribution is -2.24. The van der Waals surface area contributed by atoms with Crippen LogP contribution < -0.4 is 0 Å². The summed E-state index contributed by atoms with van der Waals surface area (Å²) in [7, 11) is 0. The molecule has 0 spiro atoms. The highest BCUT2D eigenvalue weighted by Crippen LogP contribution is 2.60. The minimum atomic E-state index is 0.0684. The monoisotopic (exact) mass is 282 g/mol. The molecule has 21 heavy (non-hydrogen) atoms. The number of ketones is 1. The summed E-state index contributed by atoms with van der Waals surface area (Å²) in [6.07, 6.45) is 3.50. The molecule has 3 aliphatic rings.